The second-order valence-electron chi connectivity index (χ2n) is 6.48. The standard InChI is InChI=1S/C18H15P.C8H4F.Au/c1-4-10-16(11-5-1)19(17-12-6-2-7-13-17)18-14-8-3-9-15-18;1-2-7-3-5-8(9)6-4-7;/h1-15H;3-6H;/q;;-1/p+1. The van der Waals surface area contributed by atoms with Crippen LogP contribution in [0.5, 0.6) is 0 Å². The Labute approximate surface area is 180 Å². The summed E-state index contributed by atoms with van der Waals surface area (Å²) in [5.41, 5.74) is 0.861. The van der Waals surface area contributed by atoms with E-state index in [4.69, 9.17) is 0 Å². The molecule has 3 heteroatoms. The summed E-state index contributed by atoms with van der Waals surface area (Å²) in [6.07, 6.45) is 0. The van der Waals surface area contributed by atoms with Crippen LogP contribution in [0.3, 0.4) is 0 Å². The van der Waals surface area contributed by atoms with Crippen molar-refractivity contribution in [2.45, 2.75) is 0 Å². The van der Waals surface area contributed by atoms with Gasteiger partial charge < -0.3 is 0 Å². The molecule has 0 radical (unpaired) electrons. The second-order valence-corrected chi connectivity index (χ2v) is 16.6. The number of hydrogen-bond acceptors (Lipinski definition) is 0. The van der Waals surface area contributed by atoms with E-state index in [9.17, 15) is 4.39 Å². The van der Waals surface area contributed by atoms with Gasteiger partial charge in [0.1, 0.15) is 0 Å². The monoisotopic (exact) mass is 579 g/mol. The van der Waals surface area contributed by atoms with Crippen LogP contribution in [0.15, 0.2) is 115 Å². The van der Waals surface area contributed by atoms with Gasteiger partial charge in [-0.2, -0.15) is 0 Å². The first-order valence-electron chi connectivity index (χ1n) is 9.29. The summed E-state index contributed by atoms with van der Waals surface area (Å²) in [5.74, 6) is 3.07. The van der Waals surface area contributed by atoms with E-state index in [-0.39, 0.29) is 25.0 Å². The van der Waals surface area contributed by atoms with Crippen LogP contribution in [0.2, 0.25) is 0 Å². The summed E-state index contributed by atoms with van der Waals surface area (Å²) in [6, 6.07) is 38.9. The number of hydrogen-bond donors (Lipinski definition) is 0. The zero-order valence-corrected chi connectivity index (χ0v) is 18.8. The SMILES string of the molecule is Fc1ccc(C#[C][Au][PH](c2ccccc2)(c2ccccc2)c2ccccc2)cc1. The number of halogens is 1. The molecule has 4 rings (SSSR count). The molecule has 29 heavy (non-hydrogen) atoms. The molecule has 0 saturated carbocycles. The van der Waals surface area contributed by atoms with Crippen molar-refractivity contribution in [1.29, 1.82) is 0 Å². The van der Waals surface area contributed by atoms with Crippen molar-refractivity contribution in [2.75, 3.05) is 0 Å². The first-order chi connectivity index (χ1) is 14.3. The molecule has 4 aromatic rings. The van der Waals surface area contributed by atoms with Crippen molar-refractivity contribution in [1.82, 2.24) is 0 Å². The van der Waals surface area contributed by atoms with Gasteiger partial charge in [0.2, 0.25) is 0 Å². The van der Waals surface area contributed by atoms with E-state index in [0.29, 0.717) is 0 Å². The van der Waals surface area contributed by atoms with Crippen molar-refractivity contribution >= 4 is 21.1 Å². The van der Waals surface area contributed by atoms with Gasteiger partial charge in [-0.25, -0.2) is 0 Å². The fourth-order valence-electron chi connectivity index (χ4n) is 3.25. The van der Waals surface area contributed by atoms with Gasteiger partial charge in [-0.3, -0.25) is 0 Å². The predicted octanol–water partition coefficient (Wildman–Crippen LogP) is 4.86. The molecule has 0 nitrogen and oxygen atoms in total. The van der Waals surface area contributed by atoms with Crippen LogP contribution in [0, 0.1) is 15.9 Å². The molecular formula is C26H20AuFP. The van der Waals surface area contributed by atoms with Gasteiger partial charge in [0.15, 0.2) is 0 Å². The van der Waals surface area contributed by atoms with Crippen molar-refractivity contribution < 1.29 is 23.6 Å². The Kier molecular flexibility index (Phi) is 6.40. The molecule has 0 aromatic heterocycles. The Morgan fingerprint density at radius 1 is 0.552 bits per heavy atom. The van der Waals surface area contributed by atoms with Crippen molar-refractivity contribution in [3.05, 3.63) is 127 Å². The van der Waals surface area contributed by atoms with Gasteiger partial charge in [0, 0.05) is 0 Å². The molecule has 0 spiro atoms. The normalized spacial score (nSPS) is 11.5. The zero-order chi connectivity index (χ0) is 19.9. The minimum atomic E-state index is -2.24. The molecule has 0 atom stereocenters. The van der Waals surface area contributed by atoms with Crippen LogP contribution in [-0.2, 0) is 19.2 Å². The van der Waals surface area contributed by atoms with Crippen LogP contribution in [0.1, 0.15) is 5.56 Å². The van der Waals surface area contributed by atoms with E-state index in [1.807, 2.05) is 0 Å². The molecule has 0 aliphatic carbocycles. The van der Waals surface area contributed by atoms with Crippen LogP contribution < -0.4 is 15.9 Å². The van der Waals surface area contributed by atoms with Crippen molar-refractivity contribution in [2.24, 2.45) is 0 Å². The Bertz CT molecular complexity index is 1020. The first kappa shape index (κ1) is 19.8. The molecule has 0 N–H and O–H groups in total. The second kappa shape index (κ2) is 9.36. The average Bonchev–Trinajstić information content (AvgIpc) is 2.80. The molecule has 0 fully saturated rings. The molecule has 0 heterocycles. The van der Waals surface area contributed by atoms with Crippen LogP contribution in [0.25, 0.3) is 0 Å². The summed E-state index contributed by atoms with van der Waals surface area (Å²) < 4.78 is 16.8. The number of benzene rings is 4. The third-order valence-electron chi connectivity index (χ3n) is 4.63. The zero-order valence-electron chi connectivity index (χ0n) is 15.6. The molecule has 0 aliphatic rings. The third kappa shape index (κ3) is 4.43. The van der Waals surface area contributed by atoms with E-state index < -0.39 is 5.15 Å². The first-order valence-corrected chi connectivity index (χ1v) is 15.4. The molecule has 0 saturated heterocycles. The van der Waals surface area contributed by atoms with Gasteiger partial charge >= 0.3 is 181 Å². The summed E-state index contributed by atoms with van der Waals surface area (Å²) in [5, 5.41) is 1.91. The maximum absolute atomic E-state index is 13.2. The Balaban J connectivity index is 1.87. The summed E-state index contributed by atoms with van der Waals surface area (Å²) >= 11 is -0.366. The molecule has 0 aliphatic heterocycles. The molecular weight excluding hydrogens is 559 g/mol. The number of rotatable bonds is 4. The van der Waals surface area contributed by atoms with E-state index >= 15 is 0 Å². The molecule has 0 bridgehead atoms. The molecule has 147 valence electrons. The Morgan fingerprint density at radius 3 is 1.38 bits per heavy atom. The van der Waals surface area contributed by atoms with E-state index in [1.54, 1.807) is 12.1 Å². The molecule has 4 aromatic carbocycles. The summed E-state index contributed by atoms with van der Waals surface area (Å²) in [6.45, 7) is 0. The molecule has 0 unspecified atom stereocenters. The van der Waals surface area contributed by atoms with Crippen LogP contribution in [0.4, 0.5) is 4.39 Å². The maximum atomic E-state index is 13.2. The third-order valence-corrected chi connectivity index (χ3v) is 17.3. The Morgan fingerprint density at radius 2 is 0.966 bits per heavy atom. The summed E-state index contributed by atoms with van der Waals surface area (Å²) in [7, 11) is 0. The fourth-order valence-corrected chi connectivity index (χ4v) is 14.5. The van der Waals surface area contributed by atoms with E-state index in [2.05, 4.69) is 101 Å². The van der Waals surface area contributed by atoms with Gasteiger partial charge in [-0.1, -0.05) is 0 Å². The summed E-state index contributed by atoms with van der Waals surface area (Å²) in [4.78, 5) is 0. The van der Waals surface area contributed by atoms with E-state index in [1.165, 1.54) is 28.0 Å². The van der Waals surface area contributed by atoms with Gasteiger partial charge in [0.25, 0.3) is 0 Å². The van der Waals surface area contributed by atoms with Crippen molar-refractivity contribution in [3.8, 4) is 10.1 Å². The van der Waals surface area contributed by atoms with E-state index in [0.717, 1.165) is 5.56 Å². The van der Waals surface area contributed by atoms with Crippen molar-refractivity contribution in [3.63, 3.8) is 0 Å². The van der Waals surface area contributed by atoms with Crippen LogP contribution in [-0.4, -0.2) is 0 Å². The molecule has 0 amide bonds. The predicted molar refractivity (Wildman–Crippen MR) is 120 cm³/mol. The fraction of sp³-hybridized carbons (Fsp3) is 0. The topological polar surface area (TPSA) is 0 Å². The Hall–Kier alpha value is -2.46. The quantitative estimate of drug-likeness (QED) is 0.184. The van der Waals surface area contributed by atoms with Gasteiger partial charge in [-0.15, -0.1) is 0 Å². The van der Waals surface area contributed by atoms with Gasteiger partial charge in [-0.05, 0) is 0 Å². The van der Waals surface area contributed by atoms with Gasteiger partial charge in [0.05, 0.1) is 0 Å². The minimum absolute atomic E-state index is 0.231. The van der Waals surface area contributed by atoms with Crippen LogP contribution >= 0.6 is 5.15 Å². The average molecular weight is 579 g/mol.